The van der Waals surface area contributed by atoms with E-state index in [2.05, 4.69) is 80.4 Å². The van der Waals surface area contributed by atoms with E-state index in [0.29, 0.717) is 9.65 Å². The summed E-state index contributed by atoms with van der Waals surface area (Å²) in [5, 5.41) is 0. The Morgan fingerprint density at radius 2 is 0.944 bits per heavy atom. The number of hydrogen-bond donors (Lipinski definition) is 0. The van der Waals surface area contributed by atoms with Gasteiger partial charge in [-0.15, -0.1) is 0 Å². The average molecular weight is 366 g/mol. The minimum absolute atomic E-state index is 0.400. The van der Waals surface area contributed by atoms with Crippen molar-refractivity contribution < 1.29 is 0 Å². The molecule has 2 unspecified atom stereocenters. The maximum atomic E-state index is 3.79. The number of halogens is 2. The molecule has 0 heterocycles. The lowest BCUT2D eigenvalue weighted by Crippen LogP contribution is -2.01. The molecule has 0 N–H and O–H groups in total. The molecule has 2 atom stereocenters. The van der Waals surface area contributed by atoms with E-state index in [1.165, 1.54) is 22.3 Å². The Morgan fingerprint density at radius 1 is 0.611 bits per heavy atom. The molecule has 2 aromatic rings. The lowest BCUT2D eigenvalue weighted by Gasteiger charge is -2.16. The second-order valence-corrected chi connectivity index (χ2v) is 7.04. The molecule has 2 heteroatoms. The zero-order valence-electron chi connectivity index (χ0n) is 9.94. The fourth-order valence-electron chi connectivity index (χ4n) is 2.37. The lowest BCUT2D eigenvalue weighted by atomic mass is 9.97. The summed E-state index contributed by atoms with van der Waals surface area (Å²) < 4.78 is 0. The topological polar surface area (TPSA) is 0 Å². The Bertz CT molecular complexity index is 477. The Morgan fingerprint density at radius 3 is 1.28 bits per heavy atom. The zero-order valence-corrected chi connectivity index (χ0v) is 13.1. The van der Waals surface area contributed by atoms with Crippen molar-refractivity contribution in [1.29, 1.82) is 0 Å². The molecule has 0 aromatic heterocycles. The van der Waals surface area contributed by atoms with Gasteiger partial charge in [-0.2, -0.15) is 0 Å². The van der Waals surface area contributed by atoms with E-state index in [0.717, 1.165) is 12.8 Å². The Labute approximate surface area is 125 Å². The van der Waals surface area contributed by atoms with Crippen LogP contribution in [0.4, 0.5) is 0 Å². The van der Waals surface area contributed by atoms with Crippen LogP contribution in [0.5, 0.6) is 0 Å². The first-order valence-electron chi connectivity index (χ1n) is 6.18. The van der Waals surface area contributed by atoms with Crippen LogP contribution in [-0.4, -0.2) is 0 Å². The Hall–Kier alpha value is -0.600. The monoisotopic (exact) mass is 364 g/mol. The van der Waals surface area contributed by atoms with Gasteiger partial charge in [0.25, 0.3) is 0 Å². The first-order chi connectivity index (χ1) is 8.72. The van der Waals surface area contributed by atoms with Gasteiger partial charge in [0.05, 0.1) is 0 Å². The first kappa shape index (κ1) is 12.4. The van der Waals surface area contributed by atoms with E-state index in [9.17, 15) is 0 Å². The summed E-state index contributed by atoms with van der Waals surface area (Å²) in [6, 6.07) is 17.9. The predicted molar refractivity (Wildman–Crippen MR) is 83.6 cm³/mol. The van der Waals surface area contributed by atoms with E-state index in [4.69, 9.17) is 0 Å². The number of rotatable bonds is 0. The van der Waals surface area contributed by atoms with Crippen LogP contribution >= 0.6 is 31.9 Å². The summed E-state index contributed by atoms with van der Waals surface area (Å²) in [5.41, 5.74) is 5.47. The third-order valence-corrected chi connectivity index (χ3v) is 5.22. The van der Waals surface area contributed by atoms with Crippen LogP contribution < -0.4 is 0 Å². The van der Waals surface area contributed by atoms with Gasteiger partial charge in [-0.1, -0.05) is 80.4 Å². The molecular formula is C16H14Br2. The highest BCUT2D eigenvalue weighted by Gasteiger charge is 2.13. The Balaban J connectivity index is 2.05. The van der Waals surface area contributed by atoms with E-state index in [1.807, 2.05) is 0 Å². The molecular weight excluding hydrogens is 352 g/mol. The fourth-order valence-corrected chi connectivity index (χ4v) is 3.73. The molecule has 0 nitrogen and oxygen atoms in total. The van der Waals surface area contributed by atoms with Gasteiger partial charge in [-0.05, 0) is 35.1 Å². The second-order valence-electron chi connectivity index (χ2n) is 4.83. The summed E-state index contributed by atoms with van der Waals surface area (Å²) in [4.78, 5) is 0.799. The summed E-state index contributed by atoms with van der Waals surface area (Å²) >= 11 is 7.57. The molecule has 0 spiro atoms. The van der Waals surface area contributed by atoms with Gasteiger partial charge >= 0.3 is 0 Å². The zero-order chi connectivity index (χ0) is 12.5. The summed E-state index contributed by atoms with van der Waals surface area (Å²) in [7, 11) is 0. The minimum atomic E-state index is 0.400. The van der Waals surface area contributed by atoms with Crippen LogP contribution in [0.3, 0.4) is 0 Å². The van der Waals surface area contributed by atoms with Gasteiger partial charge in [0.1, 0.15) is 0 Å². The van der Waals surface area contributed by atoms with Crippen LogP contribution in [0.15, 0.2) is 48.5 Å². The van der Waals surface area contributed by atoms with Crippen LogP contribution in [0.1, 0.15) is 31.9 Å². The van der Waals surface area contributed by atoms with Gasteiger partial charge in [0.2, 0.25) is 0 Å². The molecule has 4 aliphatic carbocycles. The summed E-state index contributed by atoms with van der Waals surface area (Å²) in [6.45, 7) is 0. The molecule has 0 radical (unpaired) electrons. The molecule has 4 bridgehead atoms. The largest absolute Gasteiger partial charge is 0.0835 e. The standard InChI is InChI=1S/C16H14Br2/c17-15-9-11-1-5-13(6-2-11)16(18)10-12-3-7-14(15)8-4-12/h1-8,15-16H,9-10H2. The van der Waals surface area contributed by atoms with Crippen molar-refractivity contribution in [2.75, 3.05) is 0 Å². The fraction of sp³-hybridized carbons (Fsp3) is 0.250. The van der Waals surface area contributed by atoms with Crippen molar-refractivity contribution in [2.45, 2.75) is 22.5 Å². The van der Waals surface area contributed by atoms with Gasteiger partial charge in [-0.25, -0.2) is 0 Å². The molecule has 2 aromatic carbocycles. The molecule has 0 saturated carbocycles. The van der Waals surface area contributed by atoms with Crippen molar-refractivity contribution in [3.05, 3.63) is 70.8 Å². The van der Waals surface area contributed by atoms with Crippen molar-refractivity contribution in [1.82, 2.24) is 0 Å². The van der Waals surface area contributed by atoms with E-state index < -0.39 is 0 Å². The third-order valence-electron chi connectivity index (χ3n) is 3.51. The highest BCUT2D eigenvalue weighted by atomic mass is 79.9. The molecule has 92 valence electrons. The van der Waals surface area contributed by atoms with Gasteiger partial charge in [0.15, 0.2) is 0 Å². The van der Waals surface area contributed by atoms with Gasteiger partial charge in [0, 0.05) is 9.65 Å². The molecule has 4 aliphatic rings. The van der Waals surface area contributed by atoms with Gasteiger partial charge < -0.3 is 0 Å². The predicted octanol–water partition coefficient (Wildman–Crippen LogP) is 5.36. The number of hydrogen-bond acceptors (Lipinski definition) is 0. The number of benzene rings is 2. The minimum Gasteiger partial charge on any atom is -0.0835 e. The van der Waals surface area contributed by atoms with Crippen molar-refractivity contribution in [2.24, 2.45) is 0 Å². The summed E-state index contributed by atoms with van der Waals surface area (Å²) in [5.74, 6) is 0. The third kappa shape index (κ3) is 2.55. The van der Waals surface area contributed by atoms with Crippen LogP contribution in [0.25, 0.3) is 0 Å². The highest BCUT2D eigenvalue weighted by Crippen LogP contribution is 2.32. The highest BCUT2D eigenvalue weighted by molar-refractivity contribution is 9.09. The first-order valence-corrected chi connectivity index (χ1v) is 8.01. The van der Waals surface area contributed by atoms with Crippen LogP contribution in [0.2, 0.25) is 0 Å². The molecule has 0 aliphatic heterocycles. The maximum absolute atomic E-state index is 3.79. The smallest absolute Gasteiger partial charge is 0.0435 e. The van der Waals surface area contributed by atoms with E-state index in [1.54, 1.807) is 0 Å². The molecule has 0 saturated heterocycles. The average Bonchev–Trinajstić information content (AvgIpc) is 2.39. The Kier molecular flexibility index (Phi) is 3.58. The molecule has 0 fully saturated rings. The molecule has 0 amide bonds. The van der Waals surface area contributed by atoms with Gasteiger partial charge in [-0.3, -0.25) is 0 Å². The van der Waals surface area contributed by atoms with E-state index >= 15 is 0 Å². The maximum Gasteiger partial charge on any atom is 0.0435 e. The normalized spacial score (nSPS) is 22.6. The SMILES string of the molecule is BrC1Cc2ccc(cc2)C(Br)Cc2ccc1cc2. The van der Waals surface area contributed by atoms with Crippen LogP contribution in [-0.2, 0) is 12.8 Å². The van der Waals surface area contributed by atoms with Crippen molar-refractivity contribution in [3.63, 3.8) is 0 Å². The van der Waals surface area contributed by atoms with E-state index in [-0.39, 0.29) is 0 Å². The quantitative estimate of drug-likeness (QED) is 0.551. The van der Waals surface area contributed by atoms with Crippen LogP contribution in [0, 0.1) is 0 Å². The molecule has 6 rings (SSSR count). The molecule has 18 heavy (non-hydrogen) atoms. The lowest BCUT2D eigenvalue weighted by molar-refractivity contribution is 0.911. The van der Waals surface area contributed by atoms with Crippen molar-refractivity contribution in [3.8, 4) is 0 Å². The second kappa shape index (κ2) is 5.18. The van der Waals surface area contributed by atoms with Crippen molar-refractivity contribution >= 4 is 31.9 Å². The number of alkyl halides is 2. The summed E-state index contributed by atoms with van der Waals surface area (Å²) in [6.07, 6.45) is 2.07.